The summed E-state index contributed by atoms with van der Waals surface area (Å²) in [6, 6.07) is 21.2. The molecule has 188 valence electrons. The lowest BCUT2D eigenvalue weighted by atomic mass is 10.1. The van der Waals surface area contributed by atoms with Crippen LogP contribution in [0.25, 0.3) is 0 Å². The van der Waals surface area contributed by atoms with Crippen LogP contribution in [0.4, 0.5) is 13.2 Å². The van der Waals surface area contributed by atoms with E-state index in [0.717, 1.165) is 37.1 Å². The number of hydrogen-bond donors (Lipinski definition) is 0. The van der Waals surface area contributed by atoms with Crippen molar-refractivity contribution >= 4 is 16.1 Å². The molecule has 2 aromatic rings. The van der Waals surface area contributed by atoms with Crippen molar-refractivity contribution < 1.29 is 40.2 Å². The summed E-state index contributed by atoms with van der Waals surface area (Å²) in [5.41, 5.74) is -2.52. The van der Waals surface area contributed by atoms with Gasteiger partial charge in [0.2, 0.25) is 0 Å². The van der Waals surface area contributed by atoms with E-state index >= 15 is 0 Å². The maximum Gasteiger partial charge on any atom is 0.485 e. The van der Waals surface area contributed by atoms with Crippen molar-refractivity contribution in [3.63, 3.8) is 0 Å². The molecule has 0 fully saturated rings. The summed E-state index contributed by atoms with van der Waals surface area (Å²) in [7, 11) is -6.09. The van der Waals surface area contributed by atoms with E-state index in [0.29, 0.717) is 12.2 Å². The van der Waals surface area contributed by atoms with Gasteiger partial charge in [-0.3, -0.25) is 0 Å². The van der Waals surface area contributed by atoms with Gasteiger partial charge >= 0.3 is 11.5 Å². The number of halogens is 3. The van der Waals surface area contributed by atoms with E-state index in [2.05, 4.69) is 74.2 Å². The Morgan fingerprint density at radius 3 is 1.74 bits per heavy atom. The fraction of sp³-hybridized carbons (Fsp3) is 0.375. The molecule has 0 spiro atoms. The van der Waals surface area contributed by atoms with Crippen molar-refractivity contribution in [1.29, 1.82) is 0 Å². The number of esters is 1. The maximum absolute atomic E-state index is 11.6. The second-order valence-corrected chi connectivity index (χ2v) is 9.21. The number of hydrogen-bond acceptors (Lipinski definition) is 5. The first kappa shape index (κ1) is 29.3. The second kappa shape index (κ2) is 13.3. The van der Waals surface area contributed by atoms with Crippen LogP contribution in [0.2, 0.25) is 0 Å². The smallest absolute Gasteiger partial charge is 0.485 e. The maximum atomic E-state index is 11.6. The first-order chi connectivity index (χ1) is 15.8. The zero-order valence-corrected chi connectivity index (χ0v) is 20.1. The Bertz CT molecular complexity index is 968. The van der Waals surface area contributed by atoms with Crippen LogP contribution < -0.4 is 0 Å². The van der Waals surface area contributed by atoms with E-state index in [1.54, 1.807) is 6.92 Å². The van der Waals surface area contributed by atoms with Gasteiger partial charge in [0, 0.05) is 23.1 Å². The van der Waals surface area contributed by atoms with Crippen LogP contribution in [0.1, 0.15) is 31.4 Å². The number of carbonyl (C=O) groups excluding carboxylic acids is 1. The molecule has 2 rings (SSSR count). The zero-order chi connectivity index (χ0) is 25.8. The van der Waals surface area contributed by atoms with Crippen LogP contribution >= 0.6 is 0 Å². The van der Waals surface area contributed by atoms with Gasteiger partial charge in [-0.15, -0.1) is 0 Å². The predicted molar refractivity (Wildman–Crippen MR) is 122 cm³/mol. The molecule has 0 bridgehead atoms. The van der Waals surface area contributed by atoms with Crippen molar-refractivity contribution in [2.75, 3.05) is 19.7 Å². The van der Waals surface area contributed by atoms with E-state index in [4.69, 9.17) is 17.7 Å². The largest absolute Gasteiger partial charge is 0.741 e. The molecule has 0 saturated carbocycles. The molecule has 6 nitrogen and oxygen atoms in total. The lowest BCUT2D eigenvalue weighted by Gasteiger charge is -2.38. The van der Waals surface area contributed by atoms with Crippen molar-refractivity contribution in [2.24, 2.45) is 0 Å². The Labute approximate surface area is 199 Å². The molecule has 0 aromatic heterocycles. The minimum Gasteiger partial charge on any atom is -0.741 e. The molecule has 0 aliphatic rings. The zero-order valence-electron chi connectivity index (χ0n) is 19.3. The highest BCUT2D eigenvalue weighted by molar-refractivity contribution is 7.86. The Hall–Kier alpha value is -2.69. The van der Waals surface area contributed by atoms with Crippen molar-refractivity contribution in [2.45, 2.75) is 38.9 Å². The Morgan fingerprint density at radius 1 is 1.00 bits per heavy atom. The van der Waals surface area contributed by atoms with Gasteiger partial charge in [0.15, 0.2) is 10.1 Å². The Kier molecular flexibility index (Phi) is 11.4. The van der Waals surface area contributed by atoms with Gasteiger partial charge in [-0.2, -0.15) is 13.2 Å². The van der Waals surface area contributed by atoms with Crippen LogP contribution in [0.3, 0.4) is 0 Å². The molecule has 2 aromatic carbocycles. The lowest BCUT2D eigenvalue weighted by molar-refractivity contribution is -0.952. The molecular formula is C24H30F3NO5S. The average molecular weight is 502 g/mol. The summed E-state index contributed by atoms with van der Waals surface area (Å²) in [5, 5.41) is 0. The van der Waals surface area contributed by atoms with Gasteiger partial charge in [0.1, 0.15) is 13.1 Å². The Balaban J connectivity index is 0.000000620. The molecule has 0 aliphatic carbocycles. The number of alkyl halides is 3. The molecule has 0 heterocycles. The third-order valence-corrected chi connectivity index (χ3v) is 5.60. The summed E-state index contributed by atoms with van der Waals surface area (Å²) < 4.78 is 65.1. The van der Waals surface area contributed by atoms with Gasteiger partial charge in [-0.1, -0.05) is 67.2 Å². The highest BCUT2D eigenvalue weighted by Gasteiger charge is 2.37. The van der Waals surface area contributed by atoms with Crippen LogP contribution in [0.15, 0.2) is 72.8 Å². The number of quaternary nitrogens is 1. The van der Waals surface area contributed by atoms with Crippen molar-refractivity contribution in [3.8, 4) is 0 Å². The number of benzene rings is 2. The summed E-state index contributed by atoms with van der Waals surface area (Å²) in [6.07, 6.45) is 0.840. The lowest BCUT2D eigenvalue weighted by Crippen LogP contribution is -2.47. The number of ether oxygens (including phenoxy) is 1. The van der Waals surface area contributed by atoms with Gasteiger partial charge in [0.25, 0.3) is 0 Å². The van der Waals surface area contributed by atoms with Gasteiger partial charge in [-0.25, -0.2) is 13.2 Å². The van der Waals surface area contributed by atoms with Crippen LogP contribution in [0.5, 0.6) is 0 Å². The minimum atomic E-state index is -6.09. The highest BCUT2D eigenvalue weighted by atomic mass is 32.2. The third kappa shape index (κ3) is 10.5. The van der Waals surface area contributed by atoms with E-state index < -0.39 is 15.6 Å². The van der Waals surface area contributed by atoms with E-state index in [1.807, 2.05) is 0 Å². The standard InChI is InChI=1S/C23H30NO2.CHF3O3S/c1-4-24(18-21-12-7-5-8-13-21,19-22-14-9-6-10-15-22)16-11-17-26-23(25)20(2)3;2-1(3,4)8(5,6)7/h5-10,12-15H,2,4,11,16-19H2,1,3H3;(H,5,6,7)/q+1;/p-1. The topological polar surface area (TPSA) is 83.5 Å². The Morgan fingerprint density at radius 2 is 1.41 bits per heavy atom. The molecular weight excluding hydrogens is 471 g/mol. The van der Waals surface area contributed by atoms with Gasteiger partial charge in [0.05, 0.1) is 19.7 Å². The fourth-order valence-corrected chi connectivity index (χ4v) is 3.23. The quantitative estimate of drug-likeness (QED) is 0.117. The number of carbonyl (C=O) groups is 1. The molecule has 0 aliphatic heterocycles. The van der Waals surface area contributed by atoms with Crippen LogP contribution in [-0.4, -0.2) is 48.6 Å². The molecule has 10 heteroatoms. The summed E-state index contributed by atoms with van der Waals surface area (Å²) in [6.45, 7) is 11.9. The minimum absolute atomic E-state index is 0.300. The average Bonchev–Trinajstić information content (AvgIpc) is 2.77. The number of nitrogens with zero attached hydrogens (tertiary/aromatic N) is 1. The number of rotatable bonds is 10. The first-order valence-electron chi connectivity index (χ1n) is 10.6. The van der Waals surface area contributed by atoms with E-state index in [9.17, 15) is 18.0 Å². The molecule has 0 radical (unpaired) electrons. The fourth-order valence-electron chi connectivity index (χ4n) is 3.23. The highest BCUT2D eigenvalue weighted by Crippen LogP contribution is 2.21. The van der Waals surface area contributed by atoms with Crippen molar-refractivity contribution in [3.05, 3.63) is 83.9 Å². The molecule has 0 saturated heterocycles. The SMILES string of the molecule is C=C(C)C(=O)OCCC[N+](CC)(Cc1ccccc1)Cc1ccccc1.O=S(=O)([O-])C(F)(F)F. The summed E-state index contributed by atoms with van der Waals surface area (Å²) >= 11 is 0. The molecule has 0 atom stereocenters. The van der Waals surface area contributed by atoms with Crippen LogP contribution in [0, 0.1) is 0 Å². The third-order valence-electron chi connectivity index (χ3n) is 5.03. The molecule has 0 N–H and O–H groups in total. The monoisotopic (exact) mass is 501 g/mol. The van der Waals surface area contributed by atoms with Crippen molar-refractivity contribution in [1.82, 2.24) is 0 Å². The van der Waals surface area contributed by atoms with E-state index in [1.165, 1.54) is 11.1 Å². The van der Waals surface area contributed by atoms with Gasteiger partial charge < -0.3 is 13.8 Å². The molecule has 0 unspecified atom stereocenters. The van der Waals surface area contributed by atoms with E-state index in [-0.39, 0.29) is 5.97 Å². The first-order valence-corrected chi connectivity index (χ1v) is 12.0. The summed E-state index contributed by atoms with van der Waals surface area (Å²) in [4.78, 5) is 11.6. The molecule has 0 amide bonds. The van der Waals surface area contributed by atoms with Gasteiger partial charge in [-0.05, 0) is 13.8 Å². The molecule has 34 heavy (non-hydrogen) atoms. The normalized spacial score (nSPS) is 11.8. The van der Waals surface area contributed by atoms with Crippen LogP contribution in [-0.2, 0) is 32.7 Å². The second-order valence-electron chi connectivity index (χ2n) is 7.84. The summed E-state index contributed by atoms with van der Waals surface area (Å²) in [5.74, 6) is -0.300. The predicted octanol–water partition coefficient (Wildman–Crippen LogP) is 4.78.